The molecule has 0 aliphatic rings. The summed E-state index contributed by atoms with van der Waals surface area (Å²) >= 11 is 0. The second-order valence-corrected chi connectivity index (χ2v) is 3.95. The fraction of sp³-hybridized carbons (Fsp3) is 0.357. The number of carbonyl (C=O) groups is 2. The van der Waals surface area contributed by atoms with Gasteiger partial charge in [-0.05, 0) is 19.1 Å². The van der Waals surface area contributed by atoms with E-state index in [9.17, 15) is 9.59 Å². The van der Waals surface area contributed by atoms with Crippen LogP contribution < -0.4 is 5.32 Å². The van der Waals surface area contributed by atoms with Crippen LogP contribution in [0.25, 0.3) is 0 Å². The molecule has 2 N–H and O–H groups in total. The van der Waals surface area contributed by atoms with E-state index in [4.69, 9.17) is 5.11 Å². The molecule has 1 rings (SSSR count). The number of rotatable bonds is 4. The summed E-state index contributed by atoms with van der Waals surface area (Å²) in [5.74, 6) is 4.46. The Labute approximate surface area is 117 Å². The van der Waals surface area contributed by atoms with Gasteiger partial charge in [0.25, 0.3) is 5.91 Å². The Kier molecular flexibility index (Phi) is 6.20. The molecule has 0 unspecified atom stereocenters. The van der Waals surface area contributed by atoms with E-state index < -0.39 is 5.91 Å². The lowest BCUT2D eigenvalue weighted by molar-refractivity contribution is -0.128. The monoisotopic (exact) mass is 275 g/mol. The summed E-state index contributed by atoms with van der Waals surface area (Å²) < 4.78 is 0. The van der Waals surface area contributed by atoms with Crippen LogP contribution in [0, 0.1) is 11.8 Å². The van der Waals surface area contributed by atoms with Gasteiger partial charge in [-0.1, -0.05) is 11.8 Å². The minimum Gasteiger partial charge on any atom is -0.384 e. The number of nitrogens with one attached hydrogen (secondary N) is 1. The number of aliphatic hydroxyl groups excluding tert-OH is 1. The molecule has 2 amide bonds. The molecule has 1 aromatic heterocycles. The summed E-state index contributed by atoms with van der Waals surface area (Å²) in [5, 5.41) is 11.2. The lowest BCUT2D eigenvalue weighted by Crippen LogP contribution is -2.38. The quantitative estimate of drug-likeness (QED) is 0.735. The summed E-state index contributed by atoms with van der Waals surface area (Å²) in [6, 6.07) is 3.28. The third-order valence-electron chi connectivity index (χ3n) is 2.63. The van der Waals surface area contributed by atoms with Crippen LogP contribution in [-0.4, -0.2) is 53.5 Å². The van der Waals surface area contributed by atoms with Crippen LogP contribution in [0.1, 0.15) is 23.0 Å². The van der Waals surface area contributed by atoms with Gasteiger partial charge in [0.2, 0.25) is 5.91 Å². The van der Waals surface area contributed by atoms with E-state index in [-0.39, 0.29) is 24.8 Å². The van der Waals surface area contributed by atoms with Crippen molar-refractivity contribution in [2.45, 2.75) is 6.92 Å². The lowest BCUT2D eigenvalue weighted by Gasteiger charge is -2.14. The van der Waals surface area contributed by atoms with Crippen LogP contribution in [-0.2, 0) is 4.79 Å². The second-order valence-electron chi connectivity index (χ2n) is 3.95. The normalized spacial score (nSPS) is 9.35. The zero-order valence-electron chi connectivity index (χ0n) is 11.5. The molecule has 20 heavy (non-hydrogen) atoms. The summed E-state index contributed by atoms with van der Waals surface area (Å²) in [6.45, 7) is 2.04. The standard InChI is InChI=1S/C14H17N3O3/c1-3-17(2)12(19)10-16-14(20)13-11(7-5-9-18)6-4-8-15-13/h4,6,8,18H,3,9-10H2,1-2H3,(H,16,20). The van der Waals surface area contributed by atoms with E-state index in [2.05, 4.69) is 22.1 Å². The van der Waals surface area contributed by atoms with Crippen molar-refractivity contribution in [3.8, 4) is 11.8 Å². The van der Waals surface area contributed by atoms with Crippen molar-refractivity contribution in [1.82, 2.24) is 15.2 Å². The van der Waals surface area contributed by atoms with Crippen LogP contribution in [0.2, 0.25) is 0 Å². The van der Waals surface area contributed by atoms with Crippen LogP contribution >= 0.6 is 0 Å². The zero-order valence-corrected chi connectivity index (χ0v) is 11.5. The molecule has 0 saturated carbocycles. The molecule has 6 heteroatoms. The molecule has 0 aromatic carbocycles. The third kappa shape index (κ3) is 4.37. The first-order valence-electron chi connectivity index (χ1n) is 6.17. The average Bonchev–Trinajstić information content (AvgIpc) is 2.49. The van der Waals surface area contributed by atoms with Gasteiger partial charge in [-0.25, -0.2) is 4.98 Å². The van der Waals surface area contributed by atoms with Gasteiger partial charge in [-0.15, -0.1) is 0 Å². The maximum absolute atomic E-state index is 12.0. The summed E-state index contributed by atoms with van der Waals surface area (Å²) in [5.41, 5.74) is 0.552. The van der Waals surface area contributed by atoms with Gasteiger partial charge in [0.15, 0.2) is 0 Å². The molecule has 0 atom stereocenters. The zero-order chi connectivity index (χ0) is 15.0. The number of aliphatic hydroxyl groups is 1. The van der Waals surface area contributed by atoms with Crippen LogP contribution in [0.3, 0.4) is 0 Å². The molecule has 0 aliphatic heterocycles. The molecule has 0 spiro atoms. The van der Waals surface area contributed by atoms with Crippen molar-refractivity contribution in [2.24, 2.45) is 0 Å². The van der Waals surface area contributed by atoms with E-state index in [1.165, 1.54) is 11.1 Å². The molecular weight excluding hydrogens is 258 g/mol. The number of likely N-dealkylation sites (N-methyl/N-ethyl adjacent to an activating group) is 1. The highest BCUT2D eigenvalue weighted by Gasteiger charge is 2.14. The van der Waals surface area contributed by atoms with Crippen molar-refractivity contribution in [3.63, 3.8) is 0 Å². The van der Waals surface area contributed by atoms with Crippen LogP contribution in [0.5, 0.6) is 0 Å². The Morgan fingerprint density at radius 3 is 2.90 bits per heavy atom. The Morgan fingerprint density at radius 2 is 2.25 bits per heavy atom. The first kappa shape index (κ1) is 15.7. The van der Waals surface area contributed by atoms with Gasteiger partial charge in [-0.3, -0.25) is 9.59 Å². The Morgan fingerprint density at radius 1 is 1.50 bits per heavy atom. The van der Waals surface area contributed by atoms with E-state index in [0.717, 1.165) is 0 Å². The summed E-state index contributed by atoms with van der Waals surface area (Å²) in [6.07, 6.45) is 1.47. The SMILES string of the molecule is CCN(C)C(=O)CNC(=O)c1ncccc1C#CCO. The number of nitrogens with zero attached hydrogens (tertiary/aromatic N) is 2. The van der Waals surface area contributed by atoms with Gasteiger partial charge in [0.05, 0.1) is 12.1 Å². The van der Waals surface area contributed by atoms with Gasteiger partial charge >= 0.3 is 0 Å². The Bertz CT molecular complexity index is 546. The largest absolute Gasteiger partial charge is 0.384 e. The number of amides is 2. The fourth-order valence-corrected chi connectivity index (χ4v) is 1.37. The van der Waals surface area contributed by atoms with E-state index >= 15 is 0 Å². The second kappa shape index (κ2) is 7.92. The minimum atomic E-state index is -0.467. The highest BCUT2D eigenvalue weighted by atomic mass is 16.2. The fourth-order valence-electron chi connectivity index (χ4n) is 1.37. The van der Waals surface area contributed by atoms with Gasteiger partial charge in [0, 0.05) is 19.8 Å². The summed E-state index contributed by atoms with van der Waals surface area (Å²) in [4.78, 5) is 29.0. The molecule has 0 aliphatic carbocycles. The predicted octanol–water partition coefficient (Wildman–Crippen LogP) is -0.367. The van der Waals surface area contributed by atoms with E-state index in [1.54, 1.807) is 19.2 Å². The molecule has 0 fully saturated rings. The van der Waals surface area contributed by atoms with E-state index in [0.29, 0.717) is 12.1 Å². The number of pyridine rings is 1. The molecular formula is C14H17N3O3. The molecule has 0 radical (unpaired) electrons. The number of carbonyl (C=O) groups excluding carboxylic acids is 2. The lowest BCUT2D eigenvalue weighted by atomic mass is 10.2. The van der Waals surface area contributed by atoms with Crippen LogP contribution in [0.4, 0.5) is 0 Å². The molecule has 6 nitrogen and oxygen atoms in total. The topological polar surface area (TPSA) is 82.5 Å². The number of hydrogen-bond donors (Lipinski definition) is 2. The first-order valence-corrected chi connectivity index (χ1v) is 6.17. The van der Waals surface area contributed by atoms with Crippen molar-refractivity contribution < 1.29 is 14.7 Å². The highest BCUT2D eigenvalue weighted by Crippen LogP contribution is 2.03. The average molecular weight is 275 g/mol. The van der Waals surface area contributed by atoms with Crippen molar-refractivity contribution in [3.05, 3.63) is 29.6 Å². The van der Waals surface area contributed by atoms with Gasteiger partial charge in [0.1, 0.15) is 12.3 Å². The van der Waals surface area contributed by atoms with Gasteiger partial charge < -0.3 is 15.3 Å². The molecule has 1 aromatic rings. The smallest absolute Gasteiger partial charge is 0.271 e. The maximum Gasteiger partial charge on any atom is 0.271 e. The number of hydrogen-bond acceptors (Lipinski definition) is 4. The Hall–Kier alpha value is -2.39. The van der Waals surface area contributed by atoms with Crippen molar-refractivity contribution in [1.29, 1.82) is 0 Å². The molecule has 1 heterocycles. The molecule has 0 saturated heterocycles. The van der Waals surface area contributed by atoms with Crippen LogP contribution in [0.15, 0.2) is 18.3 Å². The number of aromatic nitrogens is 1. The Balaban J connectivity index is 2.75. The molecule has 106 valence electrons. The molecule has 0 bridgehead atoms. The van der Waals surface area contributed by atoms with Gasteiger partial charge in [-0.2, -0.15) is 0 Å². The van der Waals surface area contributed by atoms with E-state index in [1.807, 2.05) is 6.92 Å². The minimum absolute atomic E-state index is 0.0907. The summed E-state index contributed by atoms with van der Waals surface area (Å²) in [7, 11) is 1.66. The third-order valence-corrected chi connectivity index (χ3v) is 2.63. The van der Waals surface area contributed by atoms with Crippen molar-refractivity contribution >= 4 is 11.8 Å². The van der Waals surface area contributed by atoms with Crippen molar-refractivity contribution in [2.75, 3.05) is 26.7 Å². The maximum atomic E-state index is 12.0. The highest BCUT2D eigenvalue weighted by molar-refractivity contribution is 5.96. The first-order chi connectivity index (χ1) is 9.60. The predicted molar refractivity (Wildman–Crippen MR) is 73.8 cm³/mol.